The van der Waals surface area contributed by atoms with E-state index in [4.69, 9.17) is 10.9 Å². The number of oxime groups is 1. The molecule has 5 heteroatoms. The van der Waals surface area contributed by atoms with Crippen LogP contribution in [0.1, 0.15) is 30.0 Å². The maximum atomic E-state index is 8.53. The first kappa shape index (κ1) is 15.0. The Morgan fingerprint density at radius 3 is 2.48 bits per heavy atom. The average molecular weight is 284 g/mol. The van der Waals surface area contributed by atoms with Crippen molar-refractivity contribution in [1.82, 2.24) is 10.3 Å². The molecule has 0 amide bonds. The second kappa shape index (κ2) is 8.01. The van der Waals surface area contributed by atoms with E-state index in [-0.39, 0.29) is 11.9 Å². The topological polar surface area (TPSA) is 83.5 Å². The lowest BCUT2D eigenvalue weighted by atomic mass is 9.99. The molecule has 0 radical (unpaired) electrons. The van der Waals surface area contributed by atoms with E-state index in [0.29, 0.717) is 6.42 Å². The van der Waals surface area contributed by atoms with Crippen molar-refractivity contribution in [3.8, 4) is 0 Å². The van der Waals surface area contributed by atoms with Crippen molar-refractivity contribution in [2.75, 3.05) is 6.54 Å². The van der Waals surface area contributed by atoms with Gasteiger partial charge >= 0.3 is 0 Å². The van der Waals surface area contributed by atoms with E-state index in [0.717, 1.165) is 13.0 Å². The quantitative estimate of drug-likeness (QED) is 0.239. The number of amidine groups is 1. The smallest absolute Gasteiger partial charge is 0.139 e. The molecule has 110 valence electrons. The van der Waals surface area contributed by atoms with Crippen molar-refractivity contribution >= 4 is 5.84 Å². The molecule has 1 heterocycles. The van der Waals surface area contributed by atoms with Crippen molar-refractivity contribution in [3.63, 3.8) is 0 Å². The van der Waals surface area contributed by atoms with Gasteiger partial charge < -0.3 is 16.3 Å². The molecule has 2 aromatic rings. The maximum Gasteiger partial charge on any atom is 0.139 e. The first-order valence-electron chi connectivity index (χ1n) is 6.96. The molecular weight excluding hydrogens is 264 g/mol. The average Bonchev–Trinajstić information content (AvgIpc) is 2.56. The number of nitrogens with zero attached hydrogens (tertiary/aromatic N) is 2. The van der Waals surface area contributed by atoms with E-state index in [9.17, 15) is 0 Å². The van der Waals surface area contributed by atoms with Gasteiger partial charge in [-0.15, -0.1) is 0 Å². The third-order valence-corrected chi connectivity index (χ3v) is 3.26. The van der Waals surface area contributed by atoms with Crippen molar-refractivity contribution in [1.29, 1.82) is 0 Å². The van der Waals surface area contributed by atoms with E-state index in [1.165, 1.54) is 11.1 Å². The van der Waals surface area contributed by atoms with E-state index in [1.807, 2.05) is 30.3 Å². The Morgan fingerprint density at radius 2 is 1.81 bits per heavy atom. The highest BCUT2D eigenvalue weighted by Gasteiger charge is 2.12. The summed E-state index contributed by atoms with van der Waals surface area (Å²) in [6, 6.07) is 14.4. The summed E-state index contributed by atoms with van der Waals surface area (Å²) in [7, 11) is 0. The number of hydrogen-bond donors (Lipinski definition) is 3. The van der Waals surface area contributed by atoms with Gasteiger partial charge in [0.25, 0.3) is 0 Å². The van der Waals surface area contributed by atoms with Gasteiger partial charge in [0.15, 0.2) is 0 Å². The van der Waals surface area contributed by atoms with Crippen LogP contribution in [0, 0.1) is 0 Å². The third-order valence-electron chi connectivity index (χ3n) is 3.26. The predicted octanol–water partition coefficient (Wildman–Crippen LogP) is 2.29. The van der Waals surface area contributed by atoms with E-state index in [1.54, 1.807) is 12.4 Å². The van der Waals surface area contributed by atoms with Gasteiger partial charge in [0, 0.05) is 18.8 Å². The minimum Gasteiger partial charge on any atom is -0.409 e. The van der Waals surface area contributed by atoms with E-state index in [2.05, 4.69) is 27.6 Å². The first-order valence-corrected chi connectivity index (χ1v) is 6.96. The van der Waals surface area contributed by atoms with Crippen LogP contribution in [-0.4, -0.2) is 22.6 Å². The maximum absolute atomic E-state index is 8.53. The largest absolute Gasteiger partial charge is 0.409 e. The highest BCUT2D eigenvalue weighted by atomic mass is 16.4. The number of pyridine rings is 1. The fourth-order valence-electron chi connectivity index (χ4n) is 2.20. The summed E-state index contributed by atoms with van der Waals surface area (Å²) in [5.41, 5.74) is 7.84. The molecule has 0 aliphatic heterocycles. The summed E-state index contributed by atoms with van der Waals surface area (Å²) < 4.78 is 0. The fourth-order valence-corrected chi connectivity index (χ4v) is 2.20. The highest BCUT2D eigenvalue weighted by Crippen LogP contribution is 2.21. The molecule has 1 aromatic heterocycles. The number of hydrogen-bond acceptors (Lipinski definition) is 4. The molecule has 0 fully saturated rings. The second-order valence-electron chi connectivity index (χ2n) is 4.77. The minimum absolute atomic E-state index is 0.112. The Hall–Kier alpha value is -2.40. The summed E-state index contributed by atoms with van der Waals surface area (Å²) in [6.07, 6.45) is 4.97. The Balaban J connectivity index is 2.04. The van der Waals surface area contributed by atoms with Crippen LogP contribution in [0.15, 0.2) is 60.0 Å². The number of rotatable bonds is 7. The lowest BCUT2D eigenvalue weighted by molar-refractivity contribution is 0.316. The van der Waals surface area contributed by atoms with Crippen LogP contribution in [0.2, 0.25) is 0 Å². The SMILES string of the molecule is NC(CCCNC(c1ccccc1)c1ccncc1)=NO. The van der Waals surface area contributed by atoms with E-state index < -0.39 is 0 Å². The van der Waals surface area contributed by atoms with Crippen LogP contribution in [0.4, 0.5) is 0 Å². The van der Waals surface area contributed by atoms with Crippen LogP contribution in [0.25, 0.3) is 0 Å². The van der Waals surface area contributed by atoms with Crippen molar-refractivity contribution in [2.45, 2.75) is 18.9 Å². The molecule has 21 heavy (non-hydrogen) atoms. The molecule has 1 atom stereocenters. The molecule has 0 saturated heterocycles. The standard InChI is InChI=1S/C16H20N4O/c17-15(20-21)7-4-10-19-16(13-5-2-1-3-6-13)14-8-11-18-12-9-14/h1-3,5-6,8-9,11-12,16,19,21H,4,7,10H2,(H2,17,20). The molecule has 5 nitrogen and oxygen atoms in total. The minimum atomic E-state index is 0.112. The molecule has 1 aromatic carbocycles. The molecule has 2 rings (SSSR count). The molecular formula is C16H20N4O. The van der Waals surface area contributed by atoms with Crippen molar-refractivity contribution < 1.29 is 5.21 Å². The molecule has 0 bridgehead atoms. The van der Waals surface area contributed by atoms with Crippen LogP contribution in [-0.2, 0) is 0 Å². The van der Waals surface area contributed by atoms with Crippen LogP contribution < -0.4 is 11.1 Å². The number of nitrogens with two attached hydrogens (primary N) is 1. The highest BCUT2D eigenvalue weighted by molar-refractivity contribution is 5.79. The zero-order valence-corrected chi connectivity index (χ0v) is 11.8. The van der Waals surface area contributed by atoms with Gasteiger partial charge in [-0.05, 0) is 36.2 Å². The molecule has 0 spiro atoms. The summed E-state index contributed by atoms with van der Waals surface area (Å²) in [5.74, 6) is 0.261. The number of nitrogens with one attached hydrogen (secondary N) is 1. The Kier molecular flexibility index (Phi) is 5.72. The van der Waals surface area contributed by atoms with Gasteiger partial charge in [-0.25, -0.2) is 0 Å². The summed E-state index contributed by atoms with van der Waals surface area (Å²) in [4.78, 5) is 4.06. The fraction of sp³-hybridized carbons (Fsp3) is 0.250. The van der Waals surface area contributed by atoms with Gasteiger partial charge in [-0.2, -0.15) is 0 Å². The molecule has 1 unspecified atom stereocenters. The first-order chi connectivity index (χ1) is 10.3. The van der Waals surface area contributed by atoms with Gasteiger partial charge in [0.2, 0.25) is 0 Å². The number of benzene rings is 1. The van der Waals surface area contributed by atoms with Gasteiger partial charge in [-0.1, -0.05) is 35.5 Å². The van der Waals surface area contributed by atoms with Crippen LogP contribution in [0.3, 0.4) is 0 Å². The number of aromatic nitrogens is 1. The zero-order valence-electron chi connectivity index (χ0n) is 11.8. The lowest BCUT2D eigenvalue weighted by Gasteiger charge is -2.19. The molecule has 4 N–H and O–H groups in total. The molecule has 0 aliphatic carbocycles. The van der Waals surface area contributed by atoms with Crippen molar-refractivity contribution in [2.24, 2.45) is 10.9 Å². The summed E-state index contributed by atoms with van der Waals surface area (Å²) in [5, 5.41) is 15.0. The lowest BCUT2D eigenvalue weighted by Crippen LogP contribution is -2.24. The normalized spacial score (nSPS) is 13.0. The van der Waals surface area contributed by atoms with Gasteiger partial charge in [0.1, 0.15) is 5.84 Å². The second-order valence-corrected chi connectivity index (χ2v) is 4.77. The van der Waals surface area contributed by atoms with Gasteiger partial charge in [0.05, 0.1) is 6.04 Å². The summed E-state index contributed by atoms with van der Waals surface area (Å²) in [6.45, 7) is 0.776. The third kappa shape index (κ3) is 4.57. The molecule has 0 saturated carbocycles. The monoisotopic (exact) mass is 284 g/mol. The zero-order chi connectivity index (χ0) is 14.9. The predicted molar refractivity (Wildman–Crippen MR) is 83.2 cm³/mol. The van der Waals surface area contributed by atoms with Crippen LogP contribution in [0.5, 0.6) is 0 Å². The Bertz CT molecular complexity index is 518. The van der Waals surface area contributed by atoms with Gasteiger partial charge in [-0.3, -0.25) is 4.98 Å². The Morgan fingerprint density at radius 1 is 1.14 bits per heavy atom. The van der Waals surface area contributed by atoms with E-state index >= 15 is 0 Å². The van der Waals surface area contributed by atoms with Crippen molar-refractivity contribution in [3.05, 3.63) is 66.0 Å². The Labute approximate surface area is 124 Å². The summed E-state index contributed by atoms with van der Waals surface area (Å²) >= 11 is 0. The molecule has 0 aliphatic rings. The van der Waals surface area contributed by atoms with Crippen LogP contribution >= 0.6 is 0 Å².